The van der Waals surface area contributed by atoms with E-state index in [-0.39, 0.29) is 0 Å². The van der Waals surface area contributed by atoms with Gasteiger partial charge in [0.15, 0.2) is 0 Å². The predicted octanol–water partition coefficient (Wildman–Crippen LogP) is 2.32. The first-order chi connectivity index (χ1) is 9.04. The number of carbonyl (C=O) groups excluding carboxylic acids is 1. The molecule has 0 radical (unpaired) electrons. The molecular weight excluding hydrogens is 240 g/mol. The van der Waals surface area contributed by atoms with Gasteiger partial charge in [-0.25, -0.2) is 0 Å². The second kappa shape index (κ2) is 5.71. The number of rotatable bonds is 5. The Morgan fingerprint density at radius 2 is 1.84 bits per heavy atom. The Balaban J connectivity index is 1.94. The Labute approximate surface area is 112 Å². The lowest BCUT2D eigenvalue weighted by molar-refractivity contribution is 0.100. The van der Waals surface area contributed by atoms with Gasteiger partial charge in [0.25, 0.3) is 0 Å². The number of primary amides is 1. The quantitative estimate of drug-likeness (QED) is 0.895. The number of hydrogen-bond donors (Lipinski definition) is 1. The molecule has 1 aromatic carbocycles. The van der Waals surface area contributed by atoms with Gasteiger partial charge in [-0.2, -0.15) is 0 Å². The van der Waals surface area contributed by atoms with Crippen LogP contribution >= 0.6 is 0 Å². The molecule has 0 spiro atoms. The zero-order valence-electron chi connectivity index (χ0n) is 11.2. The van der Waals surface area contributed by atoms with Crippen molar-refractivity contribution in [2.75, 3.05) is 7.05 Å². The summed E-state index contributed by atoms with van der Waals surface area (Å²) in [5.41, 5.74) is 6.88. The van der Waals surface area contributed by atoms with Gasteiger partial charge in [-0.05, 0) is 43.8 Å². The molecule has 2 N–H and O–H groups in total. The molecule has 2 aromatic rings. The van der Waals surface area contributed by atoms with Gasteiger partial charge in [0, 0.05) is 12.1 Å². The van der Waals surface area contributed by atoms with Crippen LogP contribution in [0, 0.1) is 6.92 Å². The average molecular weight is 258 g/mol. The Morgan fingerprint density at radius 1 is 1.16 bits per heavy atom. The maximum absolute atomic E-state index is 11.0. The first-order valence-corrected chi connectivity index (χ1v) is 6.17. The third kappa shape index (κ3) is 3.69. The van der Waals surface area contributed by atoms with E-state index in [1.165, 1.54) is 0 Å². The molecule has 1 heterocycles. The molecule has 0 bridgehead atoms. The van der Waals surface area contributed by atoms with Crippen LogP contribution in [-0.2, 0) is 13.1 Å². The number of furan rings is 1. The monoisotopic (exact) mass is 258 g/mol. The van der Waals surface area contributed by atoms with E-state index in [1.807, 2.05) is 38.2 Å². The van der Waals surface area contributed by atoms with Gasteiger partial charge in [-0.15, -0.1) is 0 Å². The topological polar surface area (TPSA) is 59.5 Å². The second-order valence-electron chi connectivity index (χ2n) is 4.75. The molecule has 1 amide bonds. The Kier molecular flexibility index (Phi) is 4.02. The van der Waals surface area contributed by atoms with Crippen LogP contribution in [0.3, 0.4) is 0 Å². The van der Waals surface area contributed by atoms with Crippen LogP contribution in [0.1, 0.15) is 27.4 Å². The van der Waals surface area contributed by atoms with Crippen LogP contribution in [0.25, 0.3) is 0 Å². The summed E-state index contributed by atoms with van der Waals surface area (Å²) in [5.74, 6) is 1.48. The largest absolute Gasteiger partial charge is 0.465 e. The van der Waals surface area contributed by atoms with Crippen LogP contribution in [0.4, 0.5) is 0 Å². The molecule has 0 aliphatic carbocycles. The predicted molar refractivity (Wildman–Crippen MR) is 73.6 cm³/mol. The minimum absolute atomic E-state index is 0.397. The number of nitrogens with zero attached hydrogens (tertiary/aromatic N) is 1. The van der Waals surface area contributed by atoms with Crippen molar-refractivity contribution in [1.82, 2.24) is 4.90 Å². The summed E-state index contributed by atoms with van der Waals surface area (Å²) in [6, 6.07) is 11.3. The van der Waals surface area contributed by atoms with E-state index in [4.69, 9.17) is 10.2 Å². The fraction of sp³-hybridized carbons (Fsp3) is 0.267. The average Bonchev–Trinajstić information content (AvgIpc) is 2.75. The minimum atomic E-state index is -0.397. The molecule has 0 saturated carbocycles. The Hall–Kier alpha value is -2.07. The van der Waals surface area contributed by atoms with E-state index in [2.05, 4.69) is 4.90 Å². The molecule has 0 unspecified atom stereocenters. The van der Waals surface area contributed by atoms with E-state index >= 15 is 0 Å². The lowest BCUT2D eigenvalue weighted by atomic mass is 10.1. The minimum Gasteiger partial charge on any atom is -0.465 e. The van der Waals surface area contributed by atoms with Crippen molar-refractivity contribution in [3.63, 3.8) is 0 Å². The summed E-state index contributed by atoms with van der Waals surface area (Å²) in [4.78, 5) is 13.1. The molecule has 0 atom stereocenters. The summed E-state index contributed by atoms with van der Waals surface area (Å²) in [7, 11) is 2.03. The summed E-state index contributed by atoms with van der Waals surface area (Å²) >= 11 is 0. The van der Waals surface area contributed by atoms with Crippen molar-refractivity contribution in [3.05, 3.63) is 59.0 Å². The van der Waals surface area contributed by atoms with Crippen molar-refractivity contribution in [2.45, 2.75) is 20.0 Å². The van der Waals surface area contributed by atoms with Gasteiger partial charge in [0.05, 0.1) is 6.54 Å². The highest BCUT2D eigenvalue weighted by Crippen LogP contribution is 2.11. The lowest BCUT2D eigenvalue weighted by Crippen LogP contribution is -2.17. The lowest BCUT2D eigenvalue weighted by Gasteiger charge is -2.15. The highest BCUT2D eigenvalue weighted by Gasteiger charge is 2.06. The Morgan fingerprint density at radius 3 is 2.37 bits per heavy atom. The van der Waals surface area contributed by atoms with Crippen LogP contribution in [0.5, 0.6) is 0 Å². The van der Waals surface area contributed by atoms with E-state index in [0.717, 1.165) is 30.2 Å². The molecule has 0 aliphatic heterocycles. The molecule has 4 heteroatoms. The van der Waals surface area contributed by atoms with E-state index < -0.39 is 5.91 Å². The van der Waals surface area contributed by atoms with Crippen molar-refractivity contribution in [2.24, 2.45) is 5.73 Å². The Bertz CT molecular complexity index is 558. The normalized spacial score (nSPS) is 10.9. The van der Waals surface area contributed by atoms with E-state index in [0.29, 0.717) is 5.56 Å². The number of hydrogen-bond acceptors (Lipinski definition) is 3. The number of aryl methyl sites for hydroxylation is 1. The third-order valence-electron chi connectivity index (χ3n) is 2.91. The van der Waals surface area contributed by atoms with E-state index in [1.54, 1.807) is 12.1 Å². The number of carbonyl (C=O) groups is 1. The van der Waals surface area contributed by atoms with Crippen molar-refractivity contribution < 1.29 is 9.21 Å². The van der Waals surface area contributed by atoms with Crippen LogP contribution in [0.2, 0.25) is 0 Å². The summed E-state index contributed by atoms with van der Waals surface area (Å²) in [6.45, 7) is 3.48. The van der Waals surface area contributed by atoms with Gasteiger partial charge in [-0.3, -0.25) is 9.69 Å². The molecule has 2 rings (SSSR count). The van der Waals surface area contributed by atoms with Gasteiger partial charge < -0.3 is 10.2 Å². The first-order valence-electron chi connectivity index (χ1n) is 6.17. The van der Waals surface area contributed by atoms with Gasteiger partial charge in [0.2, 0.25) is 5.91 Å². The molecule has 100 valence electrons. The molecular formula is C15H18N2O2. The van der Waals surface area contributed by atoms with Gasteiger partial charge >= 0.3 is 0 Å². The molecule has 4 nitrogen and oxygen atoms in total. The second-order valence-corrected chi connectivity index (χ2v) is 4.75. The summed E-state index contributed by atoms with van der Waals surface area (Å²) in [5, 5.41) is 0. The SMILES string of the molecule is Cc1ccc(CN(C)Cc2ccc(C(N)=O)cc2)o1. The van der Waals surface area contributed by atoms with Crippen molar-refractivity contribution in [3.8, 4) is 0 Å². The fourth-order valence-electron chi connectivity index (χ4n) is 1.98. The van der Waals surface area contributed by atoms with Crippen LogP contribution in [-0.4, -0.2) is 17.9 Å². The highest BCUT2D eigenvalue weighted by atomic mass is 16.3. The van der Waals surface area contributed by atoms with E-state index in [9.17, 15) is 4.79 Å². The summed E-state index contributed by atoms with van der Waals surface area (Å²) < 4.78 is 5.54. The molecule has 19 heavy (non-hydrogen) atoms. The number of benzene rings is 1. The maximum atomic E-state index is 11.0. The van der Waals surface area contributed by atoms with Crippen LogP contribution < -0.4 is 5.73 Å². The summed E-state index contributed by atoms with van der Waals surface area (Å²) in [6.07, 6.45) is 0. The zero-order chi connectivity index (χ0) is 13.8. The molecule has 0 aliphatic rings. The van der Waals surface area contributed by atoms with Crippen molar-refractivity contribution in [1.29, 1.82) is 0 Å². The fourth-order valence-corrected chi connectivity index (χ4v) is 1.98. The van der Waals surface area contributed by atoms with Crippen molar-refractivity contribution >= 4 is 5.91 Å². The first kappa shape index (κ1) is 13.4. The maximum Gasteiger partial charge on any atom is 0.248 e. The third-order valence-corrected chi connectivity index (χ3v) is 2.91. The standard InChI is InChI=1S/C15H18N2O2/c1-11-3-8-14(19-11)10-17(2)9-12-4-6-13(7-5-12)15(16)18/h3-8H,9-10H2,1-2H3,(H2,16,18). The molecule has 0 saturated heterocycles. The number of nitrogens with two attached hydrogens (primary N) is 1. The van der Waals surface area contributed by atoms with Gasteiger partial charge in [-0.1, -0.05) is 12.1 Å². The highest BCUT2D eigenvalue weighted by molar-refractivity contribution is 5.92. The van der Waals surface area contributed by atoms with Crippen LogP contribution in [0.15, 0.2) is 40.8 Å². The zero-order valence-corrected chi connectivity index (χ0v) is 11.2. The molecule has 1 aromatic heterocycles. The van der Waals surface area contributed by atoms with Gasteiger partial charge in [0.1, 0.15) is 11.5 Å². The molecule has 0 fully saturated rings. The smallest absolute Gasteiger partial charge is 0.248 e. The number of amides is 1.